The molecule has 0 fully saturated rings. The highest BCUT2D eigenvalue weighted by Crippen LogP contribution is 2.50. The zero-order valence-corrected chi connectivity index (χ0v) is 21.7. The number of hydrogen-bond acceptors (Lipinski definition) is 4. The van der Waals surface area contributed by atoms with Crippen LogP contribution < -0.4 is 5.32 Å². The zero-order valence-electron chi connectivity index (χ0n) is 18.0. The average molecular weight is 651 g/mol. The number of carbonyl (C=O) groups is 1. The van der Waals surface area contributed by atoms with Crippen molar-refractivity contribution in [1.29, 1.82) is 0 Å². The first-order valence-corrected chi connectivity index (χ1v) is 12.7. The van der Waals surface area contributed by atoms with Crippen molar-refractivity contribution < 1.29 is 36.0 Å². The number of amides is 1. The van der Waals surface area contributed by atoms with Crippen LogP contribution in [-0.4, -0.2) is 29.3 Å². The second-order valence-electron chi connectivity index (χ2n) is 7.58. The fourth-order valence-corrected chi connectivity index (χ4v) is 4.76. The first-order chi connectivity index (χ1) is 16.3. The van der Waals surface area contributed by atoms with E-state index in [1.54, 1.807) is 0 Å². The van der Waals surface area contributed by atoms with Gasteiger partial charge in [0.05, 0.1) is 17.0 Å². The monoisotopic (exact) mass is 650 g/mol. The Morgan fingerprint density at radius 2 is 1.91 bits per heavy atom. The summed E-state index contributed by atoms with van der Waals surface area (Å²) in [5.74, 6) is 0.886. The van der Waals surface area contributed by atoms with Crippen LogP contribution >= 0.6 is 46.0 Å². The Morgan fingerprint density at radius 1 is 1.20 bits per heavy atom. The fraction of sp³-hybridized carbons (Fsp3) is 0.364. The summed E-state index contributed by atoms with van der Waals surface area (Å²) in [6, 6.07) is 6.57. The molecule has 0 spiro atoms. The van der Waals surface area contributed by atoms with Crippen LogP contribution in [0.2, 0.25) is 5.02 Å². The number of hydrogen-bond donors (Lipinski definition) is 1. The van der Waals surface area contributed by atoms with E-state index in [-0.39, 0.29) is 38.1 Å². The molecule has 190 valence electrons. The van der Waals surface area contributed by atoms with E-state index in [0.717, 1.165) is 17.9 Å². The predicted molar refractivity (Wildman–Crippen MR) is 130 cm³/mol. The molecule has 0 bridgehead atoms. The number of carbonyl (C=O) groups excluding carboxylic acids is 1. The van der Waals surface area contributed by atoms with Crippen LogP contribution in [0.25, 0.3) is 0 Å². The van der Waals surface area contributed by atoms with Gasteiger partial charge in [-0.25, -0.2) is 0 Å². The summed E-state index contributed by atoms with van der Waals surface area (Å²) in [4.78, 5) is 16.6. The van der Waals surface area contributed by atoms with Crippen LogP contribution in [0.4, 0.5) is 26.3 Å². The molecule has 4 nitrogen and oxygen atoms in total. The van der Waals surface area contributed by atoms with E-state index in [0.29, 0.717) is 11.6 Å². The lowest BCUT2D eigenvalue weighted by molar-refractivity contribution is -0.276. The third-order valence-corrected chi connectivity index (χ3v) is 7.03. The van der Waals surface area contributed by atoms with Crippen LogP contribution in [-0.2, 0) is 28.0 Å². The fourth-order valence-electron chi connectivity index (χ4n) is 3.35. The number of thioether (sulfide) groups is 1. The summed E-state index contributed by atoms with van der Waals surface area (Å²) in [5.41, 5.74) is -4.35. The third-order valence-electron chi connectivity index (χ3n) is 5.18. The van der Waals surface area contributed by atoms with E-state index in [4.69, 9.17) is 16.4 Å². The van der Waals surface area contributed by atoms with Gasteiger partial charge in [-0.2, -0.15) is 38.1 Å². The van der Waals surface area contributed by atoms with Crippen molar-refractivity contribution in [1.82, 2.24) is 5.32 Å². The molecule has 0 aromatic heterocycles. The van der Waals surface area contributed by atoms with Gasteiger partial charge in [0.2, 0.25) is 5.91 Å². The van der Waals surface area contributed by atoms with E-state index < -0.39 is 35.5 Å². The van der Waals surface area contributed by atoms with Gasteiger partial charge >= 0.3 is 12.4 Å². The van der Waals surface area contributed by atoms with Crippen molar-refractivity contribution in [2.75, 3.05) is 11.5 Å². The molecule has 1 aliphatic rings. The van der Waals surface area contributed by atoms with Crippen LogP contribution in [0, 0.1) is 3.57 Å². The number of benzene rings is 2. The molecule has 2 aromatic rings. The minimum atomic E-state index is -5.06. The average Bonchev–Trinajstić information content (AvgIpc) is 3.23. The largest absolute Gasteiger partial charge is 0.435 e. The molecule has 1 amide bonds. The predicted octanol–water partition coefficient (Wildman–Crippen LogP) is 6.91. The number of halogens is 8. The van der Waals surface area contributed by atoms with E-state index in [1.807, 2.05) is 6.92 Å². The number of rotatable bonds is 7. The molecule has 0 aliphatic carbocycles. The van der Waals surface area contributed by atoms with Gasteiger partial charge in [0.25, 0.3) is 5.60 Å². The molecule has 1 unspecified atom stereocenters. The van der Waals surface area contributed by atoms with Crippen molar-refractivity contribution in [3.8, 4) is 0 Å². The molecule has 1 aliphatic heterocycles. The van der Waals surface area contributed by atoms with Gasteiger partial charge in [-0.1, -0.05) is 35.8 Å². The summed E-state index contributed by atoms with van der Waals surface area (Å²) in [6.45, 7) is 2.05. The topological polar surface area (TPSA) is 50.7 Å². The van der Waals surface area contributed by atoms with Crippen LogP contribution in [0.15, 0.2) is 41.6 Å². The Kier molecular flexibility index (Phi) is 8.57. The summed E-state index contributed by atoms with van der Waals surface area (Å²) in [7, 11) is 0. The molecule has 0 saturated heterocycles. The lowest BCUT2D eigenvalue weighted by Gasteiger charge is -2.30. The molecule has 1 N–H and O–H groups in total. The van der Waals surface area contributed by atoms with Crippen molar-refractivity contribution in [2.24, 2.45) is 5.16 Å². The minimum absolute atomic E-state index is 0.0279. The molecule has 2 aromatic carbocycles. The third kappa shape index (κ3) is 6.37. The SMILES string of the molecule is CCSCC(=O)NCc1ccc(C2=NOC(c3cc(I)cc(C(F)(F)F)c3)(C(F)(F)F)C2)cc1Cl. The van der Waals surface area contributed by atoms with Crippen molar-refractivity contribution in [2.45, 2.75) is 37.8 Å². The lowest BCUT2D eigenvalue weighted by Crippen LogP contribution is -2.43. The number of nitrogens with one attached hydrogen (secondary N) is 1. The van der Waals surface area contributed by atoms with Gasteiger partial charge in [0.15, 0.2) is 0 Å². The van der Waals surface area contributed by atoms with Crippen molar-refractivity contribution in [3.63, 3.8) is 0 Å². The molecule has 0 saturated carbocycles. The molecular weight excluding hydrogens is 633 g/mol. The van der Waals surface area contributed by atoms with Crippen LogP contribution in [0.5, 0.6) is 0 Å². The normalized spacial score (nSPS) is 18.3. The molecule has 13 heteroatoms. The number of nitrogens with zero attached hydrogens (tertiary/aromatic N) is 1. The van der Waals surface area contributed by atoms with Gasteiger partial charge in [-0.05, 0) is 58.2 Å². The molecule has 3 rings (SSSR count). The van der Waals surface area contributed by atoms with E-state index in [2.05, 4.69) is 10.5 Å². The molecule has 35 heavy (non-hydrogen) atoms. The Labute approximate surface area is 219 Å². The first kappa shape index (κ1) is 27.9. The Hall–Kier alpha value is -1.67. The maximum absolute atomic E-state index is 14.2. The summed E-state index contributed by atoms with van der Waals surface area (Å²) in [5, 5.41) is 6.47. The molecule has 1 atom stereocenters. The molecule has 1 heterocycles. The Balaban J connectivity index is 1.86. The van der Waals surface area contributed by atoms with E-state index >= 15 is 0 Å². The lowest BCUT2D eigenvalue weighted by atomic mass is 9.85. The standard InChI is InChI=1S/C22H18ClF6IN2O2S/c1-2-35-11-19(33)31-10-13-4-3-12(5-17(13)23)18-9-20(34-32-18,22(27,28)29)14-6-15(21(24,25)26)8-16(30)7-14/h3-8H,2,9-11H2,1H3,(H,31,33). The zero-order chi connectivity index (χ0) is 26.0. The second-order valence-corrected chi connectivity index (χ2v) is 10.5. The summed E-state index contributed by atoms with van der Waals surface area (Å²) < 4.78 is 82.4. The van der Waals surface area contributed by atoms with E-state index in [1.165, 1.54) is 52.6 Å². The van der Waals surface area contributed by atoms with Gasteiger partial charge in [0.1, 0.15) is 0 Å². The van der Waals surface area contributed by atoms with Crippen molar-refractivity contribution in [3.05, 3.63) is 67.2 Å². The van der Waals surface area contributed by atoms with Gasteiger partial charge in [-0.15, -0.1) is 0 Å². The Morgan fingerprint density at radius 3 is 2.51 bits per heavy atom. The summed E-state index contributed by atoms with van der Waals surface area (Å²) >= 11 is 9.24. The highest BCUT2D eigenvalue weighted by atomic mass is 127. The maximum atomic E-state index is 14.2. The second kappa shape index (κ2) is 10.8. The minimum Gasteiger partial charge on any atom is -0.374 e. The smallest absolute Gasteiger partial charge is 0.374 e. The highest BCUT2D eigenvalue weighted by molar-refractivity contribution is 14.1. The number of alkyl halides is 6. The van der Waals surface area contributed by atoms with Crippen LogP contribution in [0.1, 0.15) is 35.6 Å². The molecule has 0 radical (unpaired) electrons. The first-order valence-electron chi connectivity index (χ1n) is 10.1. The quantitative estimate of drug-likeness (QED) is 0.262. The van der Waals surface area contributed by atoms with Gasteiger partial charge in [0, 0.05) is 32.7 Å². The van der Waals surface area contributed by atoms with Crippen molar-refractivity contribution >= 4 is 57.6 Å². The van der Waals surface area contributed by atoms with E-state index in [9.17, 15) is 31.1 Å². The maximum Gasteiger partial charge on any atom is 0.435 e. The summed E-state index contributed by atoms with van der Waals surface area (Å²) in [6.07, 6.45) is -10.7. The Bertz CT molecular complexity index is 1140. The molecular formula is C22H18ClF6IN2O2S. The highest BCUT2D eigenvalue weighted by Gasteiger charge is 2.62. The van der Waals surface area contributed by atoms with Crippen LogP contribution in [0.3, 0.4) is 0 Å². The van der Waals surface area contributed by atoms with Gasteiger partial charge in [-0.3, -0.25) is 4.79 Å². The van der Waals surface area contributed by atoms with Gasteiger partial charge < -0.3 is 10.2 Å². The number of oxime groups is 1.